The van der Waals surface area contributed by atoms with E-state index in [0.717, 1.165) is 0 Å². The Hall–Kier alpha value is -2.97. The van der Waals surface area contributed by atoms with E-state index < -0.39 is 11.8 Å². The number of rotatable bonds is 8. The van der Waals surface area contributed by atoms with Crippen LogP contribution in [0.3, 0.4) is 0 Å². The smallest absolute Gasteiger partial charge is 0.329 e. The minimum Gasteiger partial charge on any atom is -0.490 e. The van der Waals surface area contributed by atoms with Gasteiger partial charge in [-0.2, -0.15) is 5.10 Å². The Labute approximate surface area is 221 Å². The van der Waals surface area contributed by atoms with Gasteiger partial charge in [0.15, 0.2) is 11.5 Å². The fraction of sp³-hybridized carbons (Fsp3) is 0.125. The first-order valence-corrected chi connectivity index (χ1v) is 11.7. The zero-order chi connectivity index (χ0) is 25.4. The van der Waals surface area contributed by atoms with Gasteiger partial charge in [0.2, 0.25) is 0 Å². The molecule has 3 aromatic rings. The number of carbonyl (C=O) groups excluding carboxylic acids is 2. The predicted octanol–water partition coefficient (Wildman–Crippen LogP) is 6.37. The molecule has 7 nitrogen and oxygen atoms in total. The summed E-state index contributed by atoms with van der Waals surface area (Å²) < 4.78 is 11.5. The molecule has 2 amide bonds. The van der Waals surface area contributed by atoms with E-state index in [1.165, 1.54) is 12.3 Å². The first kappa shape index (κ1) is 26.6. The molecule has 0 aliphatic carbocycles. The topological polar surface area (TPSA) is 89.0 Å². The van der Waals surface area contributed by atoms with E-state index >= 15 is 0 Å². The Morgan fingerprint density at radius 2 is 1.57 bits per heavy atom. The van der Waals surface area contributed by atoms with E-state index in [9.17, 15) is 9.59 Å². The summed E-state index contributed by atoms with van der Waals surface area (Å²) >= 11 is 24.3. The molecule has 0 spiro atoms. The van der Waals surface area contributed by atoms with E-state index in [1.54, 1.807) is 48.5 Å². The van der Waals surface area contributed by atoms with Crippen molar-refractivity contribution in [1.82, 2.24) is 5.43 Å². The number of halogens is 4. The second kappa shape index (κ2) is 12.7. The van der Waals surface area contributed by atoms with Gasteiger partial charge in [-0.25, -0.2) is 5.43 Å². The van der Waals surface area contributed by atoms with E-state index in [1.807, 2.05) is 6.92 Å². The number of hydrogen-bond acceptors (Lipinski definition) is 5. The summed E-state index contributed by atoms with van der Waals surface area (Å²) in [6.07, 6.45) is 1.36. The fourth-order valence-electron chi connectivity index (χ4n) is 2.81. The molecule has 11 heteroatoms. The first-order chi connectivity index (χ1) is 16.8. The van der Waals surface area contributed by atoms with E-state index in [0.29, 0.717) is 39.3 Å². The number of nitrogens with zero attached hydrogens (tertiary/aromatic N) is 1. The Kier molecular flexibility index (Phi) is 9.63. The second-order valence-electron chi connectivity index (χ2n) is 6.88. The van der Waals surface area contributed by atoms with Crippen molar-refractivity contribution in [3.05, 3.63) is 85.8 Å². The highest BCUT2D eigenvalue weighted by Gasteiger charge is 2.15. The third-order valence-corrected chi connectivity index (χ3v) is 6.01. The summed E-state index contributed by atoms with van der Waals surface area (Å²) in [6, 6.07) is 14.9. The number of hydrogen-bond donors (Lipinski definition) is 2. The van der Waals surface area contributed by atoms with Gasteiger partial charge < -0.3 is 14.8 Å². The molecule has 2 N–H and O–H groups in total. The van der Waals surface area contributed by atoms with E-state index in [2.05, 4.69) is 15.8 Å². The molecule has 0 aliphatic rings. The lowest BCUT2D eigenvalue weighted by atomic mass is 10.2. The largest absolute Gasteiger partial charge is 0.490 e. The van der Waals surface area contributed by atoms with Crippen LogP contribution in [-0.4, -0.2) is 24.6 Å². The van der Waals surface area contributed by atoms with Crippen molar-refractivity contribution in [3.8, 4) is 11.5 Å². The summed E-state index contributed by atoms with van der Waals surface area (Å²) in [5, 5.41) is 7.55. The average Bonchev–Trinajstić information content (AvgIpc) is 2.83. The number of hydrazone groups is 1. The van der Waals surface area contributed by atoms with Crippen LogP contribution in [0.25, 0.3) is 0 Å². The quantitative estimate of drug-likeness (QED) is 0.192. The molecular weight excluding hydrogens is 536 g/mol. The van der Waals surface area contributed by atoms with Crippen molar-refractivity contribution in [2.45, 2.75) is 13.5 Å². The van der Waals surface area contributed by atoms with Crippen molar-refractivity contribution in [2.75, 3.05) is 11.9 Å². The van der Waals surface area contributed by atoms with Crippen LogP contribution in [0.1, 0.15) is 18.1 Å². The van der Waals surface area contributed by atoms with E-state index in [4.69, 9.17) is 55.9 Å². The number of nitrogens with one attached hydrogen (secondary N) is 2. The highest BCUT2D eigenvalue weighted by molar-refractivity contribution is 6.45. The normalized spacial score (nSPS) is 10.8. The molecule has 3 rings (SSSR count). The predicted molar refractivity (Wildman–Crippen MR) is 139 cm³/mol. The van der Waals surface area contributed by atoms with Crippen molar-refractivity contribution in [1.29, 1.82) is 0 Å². The molecule has 0 unspecified atom stereocenters. The van der Waals surface area contributed by atoms with Gasteiger partial charge in [0, 0.05) is 15.6 Å². The number of amides is 2. The SMILES string of the molecule is CCOc1cc(/C=N/NC(=O)C(=O)Nc2cccc(Cl)c2Cl)ccc1OCc1c(Cl)cccc1Cl. The van der Waals surface area contributed by atoms with Gasteiger partial charge in [-0.1, -0.05) is 58.5 Å². The fourth-order valence-corrected chi connectivity index (χ4v) is 3.66. The lowest BCUT2D eigenvalue weighted by Gasteiger charge is -2.14. The van der Waals surface area contributed by atoms with Crippen molar-refractivity contribution in [2.24, 2.45) is 5.10 Å². The number of anilines is 1. The molecule has 35 heavy (non-hydrogen) atoms. The molecule has 0 fully saturated rings. The van der Waals surface area contributed by atoms with Gasteiger partial charge in [-0.3, -0.25) is 9.59 Å². The first-order valence-electron chi connectivity index (χ1n) is 10.2. The number of ether oxygens (including phenoxy) is 2. The van der Waals surface area contributed by atoms with Gasteiger partial charge >= 0.3 is 11.8 Å². The standard InChI is InChI=1S/C24H19Cl4N3O4/c1-2-34-21-11-14(9-10-20(21)35-13-15-16(25)5-3-6-17(15)26)12-29-31-24(33)23(32)30-19-8-4-7-18(27)22(19)28/h3-12H,2,13H2,1H3,(H,30,32)(H,31,33)/b29-12+. The molecular formula is C24H19Cl4N3O4. The molecule has 182 valence electrons. The lowest BCUT2D eigenvalue weighted by Crippen LogP contribution is -2.32. The maximum Gasteiger partial charge on any atom is 0.329 e. The lowest BCUT2D eigenvalue weighted by molar-refractivity contribution is -0.136. The summed E-state index contributed by atoms with van der Waals surface area (Å²) in [5.41, 5.74) is 3.61. The minimum absolute atomic E-state index is 0.126. The zero-order valence-corrected chi connectivity index (χ0v) is 21.3. The Morgan fingerprint density at radius 3 is 2.29 bits per heavy atom. The third kappa shape index (κ3) is 7.26. The third-order valence-electron chi connectivity index (χ3n) is 4.49. The molecule has 0 heterocycles. The number of carbonyl (C=O) groups is 2. The van der Waals surface area contributed by atoms with Crippen LogP contribution < -0.4 is 20.2 Å². The Morgan fingerprint density at radius 1 is 0.886 bits per heavy atom. The van der Waals surface area contributed by atoms with Crippen molar-refractivity contribution >= 4 is 70.1 Å². The van der Waals surface area contributed by atoms with Gasteiger partial charge in [-0.05, 0) is 55.0 Å². The molecule has 0 aliphatic heterocycles. The molecule has 0 aromatic heterocycles. The Balaban J connectivity index is 1.63. The van der Waals surface area contributed by atoms with Crippen molar-refractivity contribution < 1.29 is 19.1 Å². The minimum atomic E-state index is -0.987. The molecule has 0 bridgehead atoms. The highest BCUT2D eigenvalue weighted by Crippen LogP contribution is 2.32. The van der Waals surface area contributed by atoms with Crippen LogP contribution >= 0.6 is 46.4 Å². The van der Waals surface area contributed by atoms with Gasteiger partial charge in [0.25, 0.3) is 0 Å². The van der Waals surface area contributed by atoms with Crippen LogP contribution in [0.5, 0.6) is 11.5 Å². The molecule has 0 saturated carbocycles. The highest BCUT2D eigenvalue weighted by atomic mass is 35.5. The number of benzene rings is 3. The van der Waals surface area contributed by atoms with Gasteiger partial charge in [-0.15, -0.1) is 0 Å². The zero-order valence-electron chi connectivity index (χ0n) is 18.3. The monoisotopic (exact) mass is 553 g/mol. The maximum absolute atomic E-state index is 12.1. The average molecular weight is 555 g/mol. The summed E-state index contributed by atoms with van der Waals surface area (Å²) in [7, 11) is 0. The summed E-state index contributed by atoms with van der Waals surface area (Å²) in [6.45, 7) is 2.38. The van der Waals surface area contributed by atoms with Crippen LogP contribution in [0.15, 0.2) is 59.7 Å². The molecule has 0 saturated heterocycles. The van der Waals surface area contributed by atoms with Crippen LogP contribution in [0.4, 0.5) is 5.69 Å². The van der Waals surface area contributed by atoms with Crippen LogP contribution in [0, 0.1) is 0 Å². The Bertz CT molecular complexity index is 1250. The van der Waals surface area contributed by atoms with Crippen LogP contribution in [-0.2, 0) is 16.2 Å². The van der Waals surface area contributed by atoms with Crippen LogP contribution in [0.2, 0.25) is 20.1 Å². The molecule has 3 aromatic carbocycles. The maximum atomic E-state index is 12.1. The molecule has 0 atom stereocenters. The summed E-state index contributed by atoms with van der Waals surface area (Å²) in [5.74, 6) is -1.01. The van der Waals surface area contributed by atoms with Gasteiger partial charge in [0.05, 0.1) is 28.6 Å². The van der Waals surface area contributed by atoms with E-state index in [-0.39, 0.29) is 22.3 Å². The van der Waals surface area contributed by atoms with Gasteiger partial charge in [0.1, 0.15) is 6.61 Å². The second-order valence-corrected chi connectivity index (χ2v) is 8.48. The van der Waals surface area contributed by atoms with Crippen molar-refractivity contribution in [3.63, 3.8) is 0 Å². The summed E-state index contributed by atoms with van der Waals surface area (Å²) in [4.78, 5) is 24.1. The molecule has 0 radical (unpaired) electrons.